The van der Waals surface area contributed by atoms with Crippen LogP contribution in [0.15, 0.2) is 18.2 Å². The number of hydrogen-bond acceptors (Lipinski definition) is 3. The summed E-state index contributed by atoms with van der Waals surface area (Å²) in [7, 11) is 0. The minimum Gasteiger partial charge on any atom is -0.489 e. The number of hydrogen-bond donors (Lipinski definition) is 1. The fraction of sp³-hybridized carbons (Fsp3) is 0.538. The van der Waals surface area contributed by atoms with Gasteiger partial charge in [0.2, 0.25) is 0 Å². The summed E-state index contributed by atoms with van der Waals surface area (Å²) in [5.74, 6) is 0.949. The van der Waals surface area contributed by atoms with Crippen LogP contribution in [0.4, 0.5) is 11.4 Å². The molecule has 3 heteroatoms. The number of anilines is 2. The molecule has 0 aliphatic carbocycles. The van der Waals surface area contributed by atoms with Gasteiger partial charge < -0.3 is 15.4 Å². The molecular weight excluding hydrogens is 200 g/mol. The zero-order valence-corrected chi connectivity index (χ0v) is 9.65. The highest BCUT2D eigenvalue weighted by Gasteiger charge is 2.33. The fourth-order valence-corrected chi connectivity index (χ4v) is 2.93. The van der Waals surface area contributed by atoms with Crippen LogP contribution in [0.3, 0.4) is 0 Å². The first-order chi connectivity index (χ1) is 7.75. The predicted octanol–water partition coefficient (Wildman–Crippen LogP) is 2.41. The molecule has 1 fully saturated rings. The Morgan fingerprint density at radius 2 is 2.25 bits per heavy atom. The Balaban J connectivity index is 2.02. The Hall–Kier alpha value is -1.38. The van der Waals surface area contributed by atoms with Crippen molar-refractivity contribution in [2.24, 2.45) is 0 Å². The van der Waals surface area contributed by atoms with Crippen LogP contribution in [-0.2, 0) is 0 Å². The normalized spacial score (nSPS) is 27.9. The van der Waals surface area contributed by atoms with Gasteiger partial charge in [0.05, 0.1) is 11.7 Å². The van der Waals surface area contributed by atoms with Gasteiger partial charge in [-0.15, -0.1) is 0 Å². The van der Waals surface area contributed by atoms with Crippen molar-refractivity contribution >= 4 is 11.4 Å². The molecule has 0 amide bonds. The van der Waals surface area contributed by atoms with E-state index in [1.54, 1.807) is 0 Å². The van der Waals surface area contributed by atoms with Crippen LogP contribution in [0.25, 0.3) is 0 Å². The lowest BCUT2D eigenvalue weighted by Gasteiger charge is -2.45. The molecule has 2 heterocycles. The topological polar surface area (TPSA) is 38.5 Å². The number of benzene rings is 1. The molecule has 2 unspecified atom stereocenters. The fourth-order valence-electron chi connectivity index (χ4n) is 2.93. The lowest BCUT2D eigenvalue weighted by atomic mass is 9.94. The molecule has 0 spiro atoms. The summed E-state index contributed by atoms with van der Waals surface area (Å²) < 4.78 is 5.80. The summed E-state index contributed by atoms with van der Waals surface area (Å²) in [5.41, 5.74) is 7.79. The van der Waals surface area contributed by atoms with E-state index in [1.165, 1.54) is 24.9 Å². The van der Waals surface area contributed by atoms with Crippen molar-refractivity contribution < 1.29 is 4.74 Å². The molecule has 1 aromatic carbocycles. The number of ether oxygens (including phenoxy) is 1. The summed E-state index contributed by atoms with van der Waals surface area (Å²) in [4.78, 5) is 2.52. The molecule has 2 aliphatic heterocycles. The summed E-state index contributed by atoms with van der Waals surface area (Å²) in [6.45, 7) is 3.11. The summed E-state index contributed by atoms with van der Waals surface area (Å²) in [5, 5.41) is 0. The van der Waals surface area contributed by atoms with Crippen LogP contribution >= 0.6 is 0 Å². The van der Waals surface area contributed by atoms with E-state index in [4.69, 9.17) is 10.5 Å². The van der Waals surface area contributed by atoms with Crippen molar-refractivity contribution in [3.8, 4) is 5.75 Å². The molecule has 16 heavy (non-hydrogen) atoms. The van der Waals surface area contributed by atoms with E-state index in [9.17, 15) is 0 Å². The lowest BCUT2D eigenvalue weighted by molar-refractivity contribution is 0.225. The van der Waals surface area contributed by atoms with Crippen molar-refractivity contribution in [1.29, 1.82) is 0 Å². The van der Waals surface area contributed by atoms with Crippen LogP contribution in [0, 0.1) is 0 Å². The smallest absolute Gasteiger partial charge is 0.144 e. The van der Waals surface area contributed by atoms with Gasteiger partial charge in [0.15, 0.2) is 0 Å². The molecular formula is C13H18N2O. The number of nitrogens with zero attached hydrogens (tertiary/aromatic N) is 1. The Morgan fingerprint density at radius 3 is 3.12 bits per heavy atom. The molecule has 3 rings (SSSR count). The van der Waals surface area contributed by atoms with Crippen LogP contribution in [0.1, 0.15) is 26.2 Å². The standard InChI is InChI=1S/C13H18N2O/c1-9-3-2-4-11-8-16-13-7-10(14)5-6-12(13)15(9)11/h5-7,9,11H,2-4,8,14H2,1H3. The van der Waals surface area contributed by atoms with E-state index in [-0.39, 0.29) is 0 Å². The van der Waals surface area contributed by atoms with Gasteiger partial charge in [0.25, 0.3) is 0 Å². The van der Waals surface area contributed by atoms with Gasteiger partial charge in [-0.1, -0.05) is 0 Å². The van der Waals surface area contributed by atoms with E-state index >= 15 is 0 Å². The monoisotopic (exact) mass is 218 g/mol. The second-order valence-electron chi connectivity index (χ2n) is 4.88. The third-order valence-corrected chi connectivity index (χ3v) is 3.72. The van der Waals surface area contributed by atoms with Crippen molar-refractivity contribution in [3.05, 3.63) is 18.2 Å². The van der Waals surface area contributed by atoms with Crippen LogP contribution in [-0.4, -0.2) is 18.7 Å². The highest BCUT2D eigenvalue weighted by atomic mass is 16.5. The third-order valence-electron chi connectivity index (χ3n) is 3.72. The molecule has 2 aliphatic rings. The first-order valence-corrected chi connectivity index (χ1v) is 6.06. The number of fused-ring (bicyclic) bond motifs is 3. The third kappa shape index (κ3) is 1.42. The van der Waals surface area contributed by atoms with Gasteiger partial charge in [-0.05, 0) is 38.3 Å². The van der Waals surface area contributed by atoms with Crippen LogP contribution in [0.5, 0.6) is 5.75 Å². The molecule has 0 aromatic heterocycles. The van der Waals surface area contributed by atoms with Gasteiger partial charge in [-0.2, -0.15) is 0 Å². The van der Waals surface area contributed by atoms with E-state index in [0.717, 1.165) is 18.0 Å². The molecule has 3 nitrogen and oxygen atoms in total. The maximum absolute atomic E-state index is 5.80. The van der Waals surface area contributed by atoms with Crippen molar-refractivity contribution in [2.75, 3.05) is 17.2 Å². The van der Waals surface area contributed by atoms with Gasteiger partial charge in [0, 0.05) is 17.8 Å². The molecule has 0 radical (unpaired) electrons. The largest absolute Gasteiger partial charge is 0.489 e. The average Bonchev–Trinajstić information content (AvgIpc) is 2.29. The van der Waals surface area contributed by atoms with E-state index in [1.807, 2.05) is 12.1 Å². The van der Waals surface area contributed by atoms with Crippen LogP contribution in [0.2, 0.25) is 0 Å². The Kier molecular flexibility index (Phi) is 2.20. The minimum absolute atomic E-state index is 0.555. The number of rotatable bonds is 0. The number of piperidine rings is 1. The molecule has 2 atom stereocenters. The van der Waals surface area contributed by atoms with E-state index < -0.39 is 0 Å². The maximum atomic E-state index is 5.80. The summed E-state index contributed by atoms with van der Waals surface area (Å²) in [6.07, 6.45) is 3.84. The van der Waals surface area contributed by atoms with E-state index in [0.29, 0.717) is 12.1 Å². The second-order valence-corrected chi connectivity index (χ2v) is 4.88. The molecule has 2 N–H and O–H groups in total. The van der Waals surface area contributed by atoms with Gasteiger partial charge in [0.1, 0.15) is 12.4 Å². The lowest BCUT2D eigenvalue weighted by Crippen LogP contribution is -2.50. The molecule has 1 saturated heterocycles. The van der Waals surface area contributed by atoms with Crippen molar-refractivity contribution in [2.45, 2.75) is 38.3 Å². The Bertz CT molecular complexity index is 405. The minimum atomic E-state index is 0.555. The summed E-state index contributed by atoms with van der Waals surface area (Å²) >= 11 is 0. The molecule has 86 valence electrons. The zero-order chi connectivity index (χ0) is 11.1. The number of nitrogens with two attached hydrogens (primary N) is 1. The first-order valence-electron chi connectivity index (χ1n) is 6.06. The van der Waals surface area contributed by atoms with Crippen molar-refractivity contribution in [3.63, 3.8) is 0 Å². The SMILES string of the molecule is CC1CCCC2COc3cc(N)ccc3N12. The quantitative estimate of drug-likeness (QED) is 0.680. The predicted molar refractivity (Wildman–Crippen MR) is 65.9 cm³/mol. The number of nitrogen functional groups attached to an aromatic ring is 1. The Morgan fingerprint density at radius 1 is 1.38 bits per heavy atom. The molecule has 1 aromatic rings. The van der Waals surface area contributed by atoms with E-state index in [2.05, 4.69) is 17.9 Å². The maximum Gasteiger partial charge on any atom is 0.144 e. The molecule has 0 bridgehead atoms. The highest BCUT2D eigenvalue weighted by Crippen LogP contribution is 2.40. The summed E-state index contributed by atoms with van der Waals surface area (Å²) in [6, 6.07) is 7.17. The average molecular weight is 218 g/mol. The van der Waals surface area contributed by atoms with Gasteiger partial charge in [-0.25, -0.2) is 0 Å². The van der Waals surface area contributed by atoms with Gasteiger partial charge >= 0.3 is 0 Å². The second kappa shape index (κ2) is 3.58. The Labute approximate surface area is 96.2 Å². The molecule has 0 saturated carbocycles. The van der Waals surface area contributed by atoms with Crippen LogP contribution < -0.4 is 15.4 Å². The first kappa shape index (κ1) is 9.82. The zero-order valence-electron chi connectivity index (χ0n) is 9.65. The van der Waals surface area contributed by atoms with Gasteiger partial charge in [-0.3, -0.25) is 0 Å². The highest BCUT2D eigenvalue weighted by molar-refractivity contribution is 5.66. The van der Waals surface area contributed by atoms with Crippen molar-refractivity contribution in [1.82, 2.24) is 0 Å².